The number of rotatable bonds is 4. The van der Waals surface area contributed by atoms with Crippen LogP contribution in [0.2, 0.25) is 0 Å². The van der Waals surface area contributed by atoms with Gasteiger partial charge in [-0.15, -0.1) is 11.3 Å². The lowest BCUT2D eigenvalue weighted by Gasteiger charge is -2.18. The Morgan fingerprint density at radius 1 is 1.32 bits per heavy atom. The van der Waals surface area contributed by atoms with Gasteiger partial charge in [-0.05, 0) is 54.5 Å². The molecule has 4 nitrogen and oxygen atoms in total. The quantitative estimate of drug-likeness (QED) is 0.460. The van der Waals surface area contributed by atoms with Gasteiger partial charge in [-0.3, -0.25) is 0 Å². The first-order valence-electron chi connectivity index (χ1n) is 9.65. The molecule has 0 fully saturated rings. The van der Waals surface area contributed by atoms with Crippen molar-refractivity contribution in [2.45, 2.75) is 33.1 Å². The number of carbonyl (C=O) groups excluding carboxylic acids is 1. The second-order valence-electron chi connectivity index (χ2n) is 7.23. The molecule has 1 N–H and O–H groups in total. The van der Waals surface area contributed by atoms with Crippen molar-refractivity contribution in [1.82, 2.24) is 0 Å². The smallest absolute Gasteiger partial charge is 0.341 e. The van der Waals surface area contributed by atoms with Crippen LogP contribution in [0.1, 0.15) is 46.6 Å². The number of aromatic hydroxyl groups is 1. The Balaban J connectivity index is 1.80. The van der Waals surface area contributed by atoms with Crippen molar-refractivity contribution in [2.75, 3.05) is 6.61 Å². The highest BCUT2D eigenvalue weighted by Gasteiger charge is 2.28. The van der Waals surface area contributed by atoms with Crippen LogP contribution in [0, 0.1) is 5.92 Å². The molecular weight excluding hydrogens is 370 g/mol. The van der Waals surface area contributed by atoms with E-state index in [1.54, 1.807) is 23.6 Å². The van der Waals surface area contributed by atoms with E-state index in [1.807, 2.05) is 37.3 Å². The molecule has 0 amide bonds. The van der Waals surface area contributed by atoms with E-state index >= 15 is 0 Å². The van der Waals surface area contributed by atoms with Gasteiger partial charge in [0.2, 0.25) is 0 Å². The summed E-state index contributed by atoms with van der Waals surface area (Å²) >= 11 is 1.57. The molecule has 2 aromatic carbocycles. The number of hydrogen-bond donors (Lipinski definition) is 1. The molecule has 1 aliphatic rings. The van der Waals surface area contributed by atoms with E-state index in [-0.39, 0.29) is 11.7 Å². The van der Waals surface area contributed by atoms with Crippen molar-refractivity contribution < 1.29 is 14.6 Å². The summed E-state index contributed by atoms with van der Waals surface area (Å²) < 4.78 is 5.31. The van der Waals surface area contributed by atoms with Crippen LogP contribution in [0.3, 0.4) is 0 Å². The van der Waals surface area contributed by atoms with Crippen LogP contribution in [0.15, 0.2) is 41.4 Å². The summed E-state index contributed by atoms with van der Waals surface area (Å²) in [5, 5.41) is 13.0. The molecule has 0 saturated carbocycles. The van der Waals surface area contributed by atoms with Crippen molar-refractivity contribution in [3.05, 3.63) is 58.0 Å². The highest BCUT2D eigenvalue weighted by Crippen LogP contribution is 2.41. The topological polar surface area (TPSA) is 58.9 Å². The highest BCUT2D eigenvalue weighted by molar-refractivity contribution is 7.16. The molecule has 28 heavy (non-hydrogen) atoms. The molecule has 5 heteroatoms. The standard InChI is InChI=1S/C23H23NO3S/c1-3-27-23(26)21-17-10-8-14(2)12-20(17)28-22(21)24-13-18-16-7-5-4-6-15(16)9-11-19(18)25/h4-7,9,11,13-14,25H,3,8,10,12H2,1-2H3/b24-13+/t14-/m0/s1. The average Bonchev–Trinajstić information content (AvgIpc) is 3.04. The molecule has 0 aliphatic heterocycles. The number of ether oxygens (including phenoxy) is 1. The summed E-state index contributed by atoms with van der Waals surface area (Å²) in [6.07, 6.45) is 4.60. The highest BCUT2D eigenvalue weighted by atomic mass is 32.1. The molecule has 0 saturated heterocycles. The van der Waals surface area contributed by atoms with Gasteiger partial charge < -0.3 is 9.84 Å². The number of aliphatic imine (C=N–C) groups is 1. The minimum absolute atomic E-state index is 0.176. The normalized spacial score (nSPS) is 16.4. The number of benzene rings is 2. The molecule has 0 radical (unpaired) electrons. The van der Waals surface area contributed by atoms with E-state index in [4.69, 9.17) is 4.74 Å². The largest absolute Gasteiger partial charge is 0.507 e. The lowest BCUT2D eigenvalue weighted by Crippen LogP contribution is -2.13. The molecule has 144 valence electrons. The van der Waals surface area contributed by atoms with E-state index in [0.29, 0.717) is 28.7 Å². The van der Waals surface area contributed by atoms with Crippen LogP contribution in [0.4, 0.5) is 5.00 Å². The van der Waals surface area contributed by atoms with Crippen molar-refractivity contribution >= 4 is 39.3 Å². The molecule has 0 unspecified atom stereocenters. The molecule has 1 atom stereocenters. The number of carbonyl (C=O) groups is 1. The summed E-state index contributed by atoms with van der Waals surface area (Å²) in [4.78, 5) is 18.5. The van der Waals surface area contributed by atoms with E-state index in [1.165, 1.54) is 4.88 Å². The van der Waals surface area contributed by atoms with E-state index in [9.17, 15) is 9.90 Å². The van der Waals surface area contributed by atoms with Gasteiger partial charge in [-0.25, -0.2) is 9.79 Å². The van der Waals surface area contributed by atoms with Gasteiger partial charge in [0.25, 0.3) is 0 Å². The second kappa shape index (κ2) is 7.76. The van der Waals surface area contributed by atoms with Crippen molar-refractivity contribution in [3.8, 4) is 5.75 Å². The maximum atomic E-state index is 12.6. The Labute approximate surface area is 168 Å². The van der Waals surface area contributed by atoms with Crippen molar-refractivity contribution in [3.63, 3.8) is 0 Å². The molecule has 4 rings (SSSR count). The van der Waals surface area contributed by atoms with E-state index < -0.39 is 0 Å². The predicted octanol–water partition coefficient (Wildman–Crippen LogP) is 5.66. The Morgan fingerprint density at radius 3 is 2.96 bits per heavy atom. The molecule has 3 aromatic rings. The van der Waals surface area contributed by atoms with Gasteiger partial charge in [0.05, 0.1) is 12.2 Å². The van der Waals surface area contributed by atoms with Gasteiger partial charge in [-0.2, -0.15) is 0 Å². The first-order valence-corrected chi connectivity index (χ1v) is 10.5. The zero-order chi connectivity index (χ0) is 19.7. The Bertz CT molecular complexity index is 1070. The average molecular weight is 394 g/mol. The monoisotopic (exact) mass is 393 g/mol. The number of fused-ring (bicyclic) bond motifs is 2. The summed E-state index contributed by atoms with van der Waals surface area (Å²) in [6, 6.07) is 11.4. The lowest BCUT2D eigenvalue weighted by atomic mass is 9.88. The first-order chi connectivity index (χ1) is 13.6. The predicted molar refractivity (Wildman–Crippen MR) is 114 cm³/mol. The fourth-order valence-corrected chi connectivity index (χ4v) is 5.13. The van der Waals surface area contributed by atoms with Crippen LogP contribution in [0.25, 0.3) is 10.8 Å². The molecule has 1 aliphatic carbocycles. The first kappa shape index (κ1) is 18.7. The minimum atomic E-state index is -0.302. The Kier molecular flexibility index (Phi) is 5.18. The molecule has 1 aromatic heterocycles. The lowest BCUT2D eigenvalue weighted by molar-refractivity contribution is 0.0526. The third-order valence-electron chi connectivity index (χ3n) is 5.23. The number of hydrogen-bond acceptors (Lipinski definition) is 5. The SMILES string of the molecule is CCOC(=O)c1c(/N=C/c2c(O)ccc3ccccc23)sc2c1CC[C@H](C)C2. The molecule has 0 spiro atoms. The number of thiophene rings is 1. The van der Waals surface area contributed by atoms with Gasteiger partial charge >= 0.3 is 5.97 Å². The number of esters is 1. The van der Waals surface area contributed by atoms with Gasteiger partial charge in [-0.1, -0.05) is 37.3 Å². The number of phenolic OH excluding ortho intramolecular Hbond substituents is 1. The van der Waals surface area contributed by atoms with E-state index in [2.05, 4.69) is 11.9 Å². The number of phenols is 1. The Hall–Kier alpha value is -2.66. The second-order valence-corrected chi connectivity index (χ2v) is 8.31. The van der Waals surface area contributed by atoms with Crippen LogP contribution >= 0.6 is 11.3 Å². The van der Waals surface area contributed by atoms with Gasteiger partial charge in [0.1, 0.15) is 10.8 Å². The van der Waals surface area contributed by atoms with E-state index in [0.717, 1.165) is 35.6 Å². The third-order valence-corrected chi connectivity index (χ3v) is 6.39. The zero-order valence-corrected chi connectivity index (χ0v) is 16.9. The molecule has 1 heterocycles. The molecular formula is C23H23NO3S. The molecule has 0 bridgehead atoms. The summed E-state index contributed by atoms with van der Waals surface area (Å²) in [5.41, 5.74) is 2.35. The third kappa shape index (κ3) is 3.42. The maximum absolute atomic E-state index is 12.6. The fourth-order valence-electron chi connectivity index (χ4n) is 3.78. The fraction of sp³-hybridized carbons (Fsp3) is 0.304. The van der Waals surface area contributed by atoms with Crippen molar-refractivity contribution in [1.29, 1.82) is 0 Å². The maximum Gasteiger partial charge on any atom is 0.341 e. The van der Waals surface area contributed by atoms with Crippen LogP contribution in [-0.4, -0.2) is 23.9 Å². The van der Waals surface area contributed by atoms with Gasteiger partial charge in [0, 0.05) is 16.7 Å². The summed E-state index contributed by atoms with van der Waals surface area (Å²) in [6.45, 7) is 4.40. The summed E-state index contributed by atoms with van der Waals surface area (Å²) in [5.74, 6) is 0.485. The number of nitrogens with zero attached hydrogens (tertiary/aromatic N) is 1. The van der Waals surface area contributed by atoms with Crippen LogP contribution in [-0.2, 0) is 17.6 Å². The summed E-state index contributed by atoms with van der Waals surface area (Å²) in [7, 11) is 0. The Morgan fingerprint density at radius 2 is 2.14 bits per heavy atom. The van der Waals surface area contributed by atoms with Crippen LogP contribution in [0.5, 0.6) is 5.75 Å². The van der Waals surface area contributed by atoms with Gasteiger partial charge in [0.15, 0.2) is 0 Å². The van der Waals surface area contributed by atoms with Crippen molar-refractivity contribution in [2.24, 2.45) is 10.9 Å². The van der Waals surface area contributed by atoms with Crippen LogP contribution < -0.4 is 0 Å². The zero-order valence-electron chi connectivity index (χ0n) is 16.1. The minimum Gasteiger partial charge on any atom is -0.507 e.